The molecule has 11 unspecified atom stereocenters. The number of hydrogen-bond acceptors (Lipinski definition) is 6. The third kappa shape index (κ3) is 13.2. The second-order valence-corrected chi connectivity index (χ2v) is 13.4. The molecule has 0 aliphatic heterocycles. The standard InChI is InChI=1S/C36H58F2O6/c1-2-29-21-26(9-10-27-13-17-35(33(37)22-27)43-19-5-3-7-31(41)24-39)11-15-30(29)16-12-28-14-18-36(34(38)23-28)44-20-6-4-8-32(42)25-40/h26-36,39-42H,2-8,11,13-15,17-25H2,1H3. The van der Waals surface area contributed by atoms with Gasteiger partial charge in [-0.25, -0.2) is 8.78 Å². The smallest absolute Gasteiger partial charge is 0.127 e. The first kappa shape index (κ1) is 37.2. The van der Waals surface area contributed by atoms with E-state index in [0.717, 1.165) is 64.2 Å². The molecule has 3 aliphatic carbocycles. The average Bonchev–Trinajstić information content (AvgIpc) is 3.03. The lowest BCUT2D eigenvalue weighted by Crippen LogP contribution is -2.33. The SMILES string of the molecule is CCC1CC(C#CC2CCC(OCCCCC(O)CO)C(F)C2)CCC1C#CC1CCC(OCCCCC(O)CO)C(F)C1. The molecule has 44 heavy (non-hydrogen) atoms. The van der Waals surface area contributed by atoms with Crippen molar-refractivity contribution in [1.29, 1.82) is 0 Å². The molecule has 6 nitrogen and oxygen atoms in total. The summed E-state index contributed by atoms with van der Waals surface area (Å²) in [6, 6.07) is 0. The predicted octanol–water partition coefficient (Wildman–Crippen LogP) is 5.53. The van der Waals surface area contributed by atoms with Crippen LogP contribution >= 0.6 is 0 Å². The fourth-order valence-corrected chi connectivity index (χ4v) is 6.93. The number of unbranched alkanes of at least 4 members (excludes halogenated alkanes) is 2. The number of aliphatic hydroxyl groups excluding tert-OH is 4. The van der Waals surface area contributed by atoms with Crippen LogP contribution in [0.4, 0.5) is 8.78 Å². The first-order valence-electron chi connectivity index (χ1n) is 17.4. The molecule has 252 valence electrons. The highest BCUT2D eigenvalue weighted by Gasteiger charge is 2.33. The molecule has 3 saturated carbocycles. The van der Waals surface area contributed by atoms with E-state index in [2.05, 4.69) is 30.6 Å². The van der Waals surface area contributed by atoms with Crippen molar-refractivity contribution in [3.05, 3.63) is 0 Å². The van der Waals surface area contributed by atoms with Gasteiger partial charge in [0.15, 0.2) is 0 Å². The minimum Gasteiger partial charge on any atom is -0.394 e. The number of rotatable bonds is 15. The van der Waals surface area contributed by atoms with Crippen LogP contribution in [-0.2, 0) is 9.47 Å². The normalized spacial score (nSPS) is 33.8. The third-order valence-corrected chi connectivity index (χ3v) is 9.85. The second-order valence-electron chi connectivity index (χ2n) is 13.4. The summed E-state index contributed by atoms with van der Waals surface area (Å²) in [6.07, 6.45) is 8.01. The zero-order valence-corrected chi connectivity index (χ0v) is 26.9. The molecule has 3 aliphatic rings. The van der Waals surface area contributed by atoms with Crippen LogP contribution in [0.2, 0.25) is 0 Å². The Bertz CT molecular complexity index is 912. The van der Waals surface area contributed by atoms with Gasteiger partial charge in [-0.3, -0.25) is 0 Å². The number of ether oxygens (including phenoxy) is 2. The fraction of sp³-hybridized carbons (Fsp3) is 0.889. The largest absolute Gasteiger partial charge is 0.394 e. The predicted molar refractivity (Wildman–Crippen MR) is 168 cm³/mol. The van der Waals surface area contributed by atoms with Crippen LogP contribution in [0.15, 0.2) is 0 Å². The molecule has 0 radical (unpaired) electrons. The van der Waals surface area contributed by atoms with Crippen molar-refractivity contribution >= 4 is 0 Å². The molecular weight excluding hydrogens is 566 g/mol. The molecule has 0 aromatic carbocycles. The fourth-order valence-electron chi connectivity index (χ4n) is 6.93. The van der Waals surface area contributed by atoms with Gasteiger partial charge in [0.25, 0.3) is 0 Å². The van der Waals surface area contributed by atoms with E-state index in [9.17, 15) is 19.0 Å². The van der Waals surface area contributed by atoms with Gasteiger partial charge in [0.05, 0.1) is 37.6 Å². The maximum absolute atomic E-state index is 14.8. The van der Waals surface area contributed by atoms with Crippen molar-refractivity contribution in [3.63, 3.8) is 0 Å². The molecule has 0 bridgehead atoms. The van der Waals surface area contributed by atoms with E-state index in [1.807, 2.05) is 0 Å². The second kappa shape index (κ2) is 20.8. The van der Waals surface area contributed by atoms with Gasteiger partial charge in [-0.2, -0.15) is 0 Å². The number of alkyl halides is 2. The Kier molecular flexibility index (Phi) is 17.6. The van der Waals surface area contributed by atoms with E-state index in [1.54, 1.807) is 0 Å². The summed E-state index contributed by atoms with van der Waals surface area (Å²) in [5, 5.41) is 36.6. The highest BCUT2D eigenvalue weighted by molar-refractivity contribution is 5.15. The van der Waals surface area contributed by atoms with E-state index in [-0.39, 0.29) is 37.3 Å². The summed E-state index contributed by atoms with van der Waals surface area (Å²) in [5.41, 5.74) is 0. The molecule has 4 N–H and O–H groups in total. The van der Waals surface area contributed by atoms with Crippen molar-refractivity contribution in [2.24, 2.45) is 29.6 Å². The topological polar surface area (TPSA) is 99.4 Å². The lowest BCUT2D eigenvalue weighted by molar-refractivity contribution is -0.0328. The minimum absolute atomic E-state index is 0.0755. The zero-order valence-electron chi connectivity index (χ0n) is 26.9. The summed E-state index contributed by atoms with van der Waals surface area (Å²) < 4.78 is 41.2. The Balaban J connectivity index is 1.34. The number of hydrogen-bond donors (Lipinski definition) is 4. The summed E-state index contributed by atoms with van der Waals surface area (Å²) in [4.78, 5) is 0. The summed E-state index contributed by atoms with van der Waals surface area (Å²) in [5.74, 6) is 15.2. The molecular formula is C36H58F2O6. The molecule has 11 atom stereocenters. The summed E-state index contributed by atoms with van der Waals surface area (Å²) in [6.45, 7) is 2.72. The van der Waals surface area contributed by atoms with Gasteiger partial charge in [-0.05, 0) is 102 Å². The molecule has 0 amide bonds. The third-order valence-electron chi connectivity index (χ3n) is 9.85. The van der Waals surface area contributed by atoms with Crippen molar-refractivity contribution in [2.75, 3.05) is 26.4 Å². The molecule has 0 aromatic rings. The zero-order chi connectivity index (χ0) is 31.7. The summed E-state index contributed by atoms with van der Waals surface area (Å²) >= 11 is 0. The van der Waals surface area contributed by atoms with Gasteiger partial charge in [-0.15, -0.1) is 0 Å². The van der Waals surface area contributed by atoms with E-state index < -0.39 is 24.6 Å². The maximum Gasteiger partial charge on any atom is 0.127 e. The van der Waals surface area contributed by atoms with E-state index in [1.165, 1.54) is 0 Å². The van der Waals surface area contributed by atoms with Crippen molar-refractivity contribution < 1.29 is 38.7 Å². The quantitative estimate of drug-likeness (QED) is 0.141. The average molecular weight is 625 g/mol. The van der Waals surface area contributed by atoms with Crippen LogP contribution in [0.5, 0.6) is 0 Å². The van der Waals surface area contributed by atoms with Crippen LogP contribution in [-0.4, -0.2) is 83.6 Å². The maximum atomic E-state index is 14.8. The van der Waals surface area contributed by atoms with E-state index >= 15 is 0 Å². The Morgan fingerprint density at radius 2 is 1.09 bits per heavy atom. The van der Waals surface area contributed by atoms with Crippen LogP contribution < -0.4 is 0 Å². The molecule has 0 saturated heterocycles. The van der Waals surface area contributed by atoms with Crippen LogP contribution in [0, 0.1) is 53.3 Å². The summed E-state index contributed by atoms with van der Waals surface area (Å²) in [7, 11) is 0. The number of halogens is 2. The van der Waals surface area contributed by atoms with E-state index in [4.69, 9.17) is 19.7 Å². The van der Waals surface area contributed by atoms with Gasteiger partial charge in [0.1, 0.15) is 12.3 Å². The minimum atomic E-state index is -0.998. The van der Waals surface area contributed by atoms with Gasteiger partial charge < -0.3 is 29.9 Å². The highest BCUT2D eigenvalue weighted by Crippen LogP contribution is 2.37. The van der Waals surface area contributed by atoms with E-state index in [0.29, 0.717) is 69.5 Å². The molecule has 0 spiro atoms. The lowest BCUT2D eigenvalue weighted by Gasteiger charge is -2.32. The first-order chi connectivity index (χ1) is 21.3. The Morgan fingerprint density at radius 3 is 1.55 bits per heavy atom. The highest BCUT2D eigenvalue weighted by atomic mass is 19.1. The molecule has 3 fully saturated rings. The number of aliphatic hydroxyl groups is 4. The molecule has 0 aromatic heterocycles. The molecule has 3 rings (SSSR count). The van der Waals surface area contributed by atoms with Crippen molar-refractivity contribution in [3.8, 4) is 23.7 Å². The Morgan fingerprint density at radius 1 is 0.636 bits per heavy atom. The van der Waals surface area contributed by atoms with Crippen molar-refractivity contribution in [2.45, 2.75) is 146 Å². The van der Waals surface area contributed by atoms with Gasteiger partial charge in [-0.1, -0.05) is 37.0 Å². The van der Waals surface area contributed by atoms with Gasteiger partial charge >= 0.3 is 0 Å². The monoisotopic (exact) mass is 624 g/mol. The lowest BCUT2D eigenvalue weighted by atomic mass is 9.73. The van der Waals surface area contributed by atoms with Crippen LogP contribution in [0.25, 0.3) is 0 Å². The molecule has 8 heteroatoms. The van der Waals surface area contributed by atoms with Gasteiger partial charge in [0.2, 0.25) is 0 Å². The molecule has 0 heterocycles. The van der Waals surface area contributed by atoms with Gasteiger partial charge in [0, 0.05) is 36.9 Å². The van der Waals surface area contributed by atoms with Crippen molar-refractivity contribution in [1.82, 2.24) is 0 Å². The first-order valence-corrected chi connectivity index (χ1v) is 17.4. The van der Waals surface area contributed by atoms with Crippen LogP contribution in [0.3, 0.4) is 0 Å². The Labute approximate surface area is 264 Å². The van der Waals surface area contributed by atoms with Crippen LogP contribution in [0.1, 0.15) is 110 Å². The Hall–Kier alpha value is -1.26.